The Labute approximate surface area is 123 Å². The van der Waals surface area contributed by atoms with Gasteiger partial charge in [0.25, 0.3) is 0 Å². The summed E-state index contributed by atoms with van der Waals surface area (Å²) in [7, 11) is 0. The summed E-state index contributed by atoms with van der Waals surface area (Å²) in [5.74, 6) is 1.42. The number of nitrogens with one attached hydrogen (secondary N) is 1. The van der Waals surface area contributed by atoms with Gasteiger partial charge in [0.15, 0.2) is 0 Å². The van der Waals surface area contributed by atoms with Crippen LogP contribution in [0, 0.1) is 18.3 Å². The second-order valence-electron chi connectivity index (χ2n) is 4.40. The number of nitrogens with zero attached hydrogens (tertiary/aromatic N) is 3. The number of halogens is 1. The van der Waals surface area contributed by atoms with Gasteiger partial charge in [-0.2, -0.15) is 5.26 Å². The highest BCUT2D eigenvalue weighted by Gasteiger charge is 2.09. The van der Waals surface area contributed by atoms with Crippen LogP contribution in [0.4, 0.5) is 5.82 Å². The summed E-state index contributed by atoms with van der Waals surface area (Å²) in [6.07, 6.45) is 0.773. The van der Waals surface area contributed by atoms with E-state index in [2.05, 4.69) is 21.4 Å². The maximum absolute atomic E-state index is 8.77. The molecule has 0 aliphatic heterocycles. The minimum Gasteiger partial charge on any atom is -0.366 e. The van der Waals surface area contributed by atoms with Crippen LogP contribution in [0.25, 0.3) is 0 Å². The topological polar surface area (TPSA) is 61.6 Å². The van der Waals surface area contributed by atoms with Crippen LogP contribution < -0.4 is 5.32 Å². The maximum Gasteiger partial charge on any atom is 0.138 e. The molecule has 0 fully saturated rings. The fourth-order valence-corrected chi connectivity index (χ4v) is 2.25. The van der Waals surface area contributed by atoms with E-state index in [-0.39, 0.29) is 0 Å². The van der Waals surface area contributed by atoms with E-state index in [1.807, 2.05) is 26.0 Å². The first kappa shape index (κ1) is 14.3. The lowest BCUT2D eigenvalue weighted by molar-refractivity contribution is 0.970. The van der Waals surface area contributed by atoms with Gasteiger partial charge in [-0.15, -0.1) is 0 Å². The third-order valence-electron chi connectivity index (χ3n) is 2.96. The fraction of sp³-hybridized carbons (Fsp3) is 0.267. The minimum absolute atomic E-state index is 0.502. The van der Waals surface area contributed by atoms with Gasteiger partial charge >= 0.3 is 0 Å². The highest BCUT2D eigenvalue weighted by molar-refractivity contribution is 6.30. The average Bonchev–Trinajstić information content (AvgIpc) is 2.45. The Hall–Kier alpha value is -2.12. The number of benzene rings is 1. The van der Waals surface area contributed by atoms with E-state index < -0.39 is 0 Å². The molecule has 1 N–H and O–H groups in total. The van der Waals surface area contributed by atoms with Crippen molar-refractivity contribution in [1.82, 2.24) is 9.97 Å². The van der Waals surface area contributed by atoms with Gasteiger partial charge in [0.2, 0.25) is 0 Å². The Morgan fingerprint density at radius 1 is 1.25 bits per heavy atom. The molecule has 0 aliphatic rings. The molecule has 0 atom stereocenters. The van der Waals surface area contributed by atoms with Gasteiger partial charge in [-0.3, -0.25) is 0 Å². The van der Waals surface area contributed by atoms with Crippen molar-refractivity contribution in [3.63, 3.8) is 0 Å². The molecule has 1 aromatic heterocycles. The zero-order valence-corrected chi connectivity index (χ0v) is 12.2. The molecule has 2 rings (SSSR count). The monoisotopic (exact) mass is 286 g/mol. The number of anilines is 1. The van der Waals surface area contributed by atoms with Crippen molar-refractivity contribution in [2.75, 3.05) is 5.32 Å². The molecule has 0 spiro atoms. The van der Waals surface area contributed by atoms with Crippen LogP contribution in [-0.2, 0) is 13.0 Å². The number of hydrogen-bond acceptors (Lipinski definition) is 4. The second-order valence-corrected chi connectivity index (χ2v) is 4.76. The zero-order valence-electron chi connectivity index (χ0n) is 11.4. The Morgan fingerprint density at radius 3 is 2.55 bits per heavy atom. The SMILES string of the molecule is CCc1c(Cl)nc(C)nc1NCc1ccc(C#N)cc1. The third kappa shape index (κ3) is 3.25. The summed E-state index contributed by atoms with van der Waals surface area (Å²) >= 11 is 6.13. The van der Waals surface area contributed by atoms with Crippen molar-refractivity contribution >= 4 is 17.4 Å². The highest BCUT2D eigenvalue weighted by atomic mass is 35.5. The van der Waals surface area contributed by atoms with Crippen LogP contribution in [0.1, 0.15) is 29.4 Å². The van der Waals surface area contributed by atoms with Crippen LogP contribution in [0.3, 0.4) is 0 Å². The summed E-state index contributed by atoms with van der Waals surface area (Å²) in [6.45, 7) is 4.47. The first-order valence-electron chi connectivity index (χ1n) is 6.40. The Bertz CT molecular complexity index is 644. The fourth-order valence-electron chi connectivity index (χ4n) is 1.90. The molecule has 2 aromatic rings. The molecule has 1 heterocycles. The van der Waals surface area contributed by atoms with Crippen LogP contribution >= 0.6 is 11.6 Å². The van der Waals surface area contributed by atoms with Gasteiger partial charge in [-0.1, -0.05) is 30.7 Å². The van der Waals surface area contributed by atoms with Gasteiger partial charge < -0.3 is 5.32 Å². The molecule has 0 unspecified atom stereocenters. The van der Waals surface area contributed by atoms with Gasteiger partial charge in [0, 0.05) is 12.1 Å². The molecule has 0 amide bonds. The van der Waals surface area contributed by atoms with Gasteiger partial charge in [-0.05, 0) is 31.0 Å². The normalized spacial score (nSPS) is 10.1. The van der Waals surface area contributed by atoms with Crippen LogP contribution in [0.5, 0.6) is 0 Å². The molecule has 0 saturated carbocycles. The molecule has 1 aromatic carbocycles. The zero-order chi connectivity index (χ0) is 14.5. The van der Waals surface area contributed by atoms with Gasteiger partial charge in [0.05, 0.1) is 11.6 Å². The predicted octanol–water partition coefficient (Wildman–Crippen LogP) is 3.48. The molecule has 20 heavy (non-hydrogen) atoms. The van der Waals surface area contributed by atoms with Crippen molar-refractivity contribution in [3.8, 4) is 6.07 Å². The van der Waals surface area contributed by atoms with E-state index in [9.17, 15) is 0 Å². The van der Waals surface area contributed by atoms with Crippen molar-refractivity contribution in [2.24, 2.45) is 0 Å². The van der Waals surface area contributed by atoms with E-state index >= 15 is 0 Å². The van der Waals surface area contributed by atoms with Crippen LogP contribution in [0.2, 0.25) is 5.15 Å². The van der Waals surface area contributed by atoms with Gasteiger partial charge in [0.1, 0.15) is 16.8 Å². The minimum atomic E-state index is 0.502. The molecule has 0 aliphatic carbocycles. The largest absolute Gasteiger partial charge is 0.366 e. The summed E-state index contributed by atoms with van der Waals surface area (Å²) in [5, 5.41) is 12.6. The molecule has 102 valence electrons. The lowest BCUT2D eigenvalue weighted by Crippen LogP contribution is -2.07. The van der Waals surface area contributed by atoms with Crippen molar-refractivity contribution in [2.45, 2.75) is 26.8 Å². The Kier molecular flexibility index (Phi) is 4.54. The molecular formula is C15H15ClN4. The summed E-state index contributed by atoms with van der Waals surface area (Å²) in [5.41, 5.74) is 2.66. The number of aromatic nitrogens is 2. The standard InChI is InChI=1S/C15H15ClN4/c1-3-13-14(16)19-10(2)20-15(13)18-9-12-6-4-11(8-17)5-7-12/h4-7H,3,9H2,1-2H3,(H,18,19,20). The van der Waals surface area contributed by atoms with Crippen LogP contribution in [-0.4, -0.2) is 9.97 Å². The first-order valence-corrected chi connectivity index (χ1v) is 6.77. The molecule has 0 saturated heterocycles. The van der Waals surface area contributed by atoms with E-state index in [4.69, 9.17) is 16.9 Å². The number of nitriles is 1. The van der Waals surface area contributed by atoms with Crippen molar-refractivity contribution in [3.05, 3.63) is 51.9 Å². The summed E-state index contributed by atoms with van der Waals surface area (Å²) in [4.78, 5) is 8.56. The maximum atomic E-state index is 8.77. The van der Waals surface area contributed by atoms with Crippen LogP contribution in [0.15, 0.2) is 24.3 Å². The number of rotatable bonds is 4. The molecule has 0 bridgehead atoms. The van der Waals surface area contributed by atoms with Crippen molar-refractivity contribution in [1.29, 1.82) is 5.26 Å². The average molecular weight is 287 g/mol. The molecular weight excluding hydrogens is 272 g/mol. The predicted molar refractivity (Wildman–Crippen MR) is 79.6 cm³/mol. The number of hydrogen-bond donors (Lipinski definition) is 1. The summed E-state index contributed by atoms with van der Waals surface area (Å²) < 4.78 is 0. The van der Waals surface area contributed by atoms with E-state index in [1.165, 1.54) is 0 Å². The Morgan fingerprint density at radius 2 is 1.95 bits per heavy atom. The number of aryl methyl sites for hydroxylation is 1. The van der Waals surface area contributed by atoms with E-state index in [0.717, 1.165) is 23.4 Å². The lowest BCUT2D eigenvalue weighted by Gasteiger charge is -2.12. The summed E-state index contributed by atoms with van der Waals surface area (Å²) in [6, 6.07) is 9.55. The van der Waals surface area contributed by atoms with Gasteiger partial charge in [-0.25, -0.2) is 9.97 Å². The van der Waals surface area contributed by atoms with E-state index in [1.54, 1.807) is 12.1 Å². The van der Waals surface area contributed by atoms with Crippen molar-refractivity contribution < 1.29 is 0 Å². The molecule has 0 radical (unpaired) electrons. The molecule has 5 heteroatoms. The molecule has 4 nitrogen and oxygen atoms in total. The second kappa shape index (κ2) is 6.36. The van der Waals surface area contributed by atoms with E-state index in [0.29, 0.717) is 23.1 Å². The Balaban J connectivity index is 2.16. The quantitative estimate of drug-likeness (QED) is 0.874. The smallest absolute Gasteiger partial charge is 0.138 e. The highest BCUT2D eigenvalue weighted by Crippen LogP contribution is 2.22. The third-order valence-corrected chi connectivity index (χ3v) is 3.28. The lowest BCUT2D eigenvalue weighted by atomic mass is 10.1. The first-order chi connectivity index (χ1) is 9.63.